The van der Waals surface area contributed by atoms with Crippen molar-refractivity contribution in [2.24, 2.45) is 11.7 Å². The summed E-state index contributed by atoms with van der Waals surface area (Å²) >= 11 is 12.6. The zero-order valence-corrected chi connectivity index (χ0v) is 15.1. The van der Waals surface area contributed by atoms with Crippen molar-refractivity contribution in [2.45, 2.75) is 52.6 Å². The normalized spacial score (nSPS) is 13.4. The van der Waals surface area contributed by atoms with Crippen LogP contribution in [0.3, 0.4) is 0 Å². The number of benzene rings is 1. The van der Waals surface area contributed by atoms with E-state index in [4.69, 9.17) is 28.9 Å². The van der Waals surface area contributed by atoms with Crippen molar-refractivity contribution in [3.05, 3.63) is 33.8 Å². The van der Waals surface area contributed by atoms with Gasteiger partial charge in [-0.3, -0.25) is 4.90 Å². The number of halogens is 2. The second-order valence-corrected chi connectivity index (χ2v) is 6.82. The fourth-order valence-electron chi connectivity index (χ4n) is 2.92. The van der Waals surface area contributed by atoms with Gasteiger partial charge in [-0.15, -0.1) is 0 Å². The Hall–Kier alpha value is -0.280. The number of nitrogens with zero attached hydrogens (tertiary/aromatic N) is 1. The first kappa shape index (κ1) is 18.8. The van der Waals surface area contributed by atoms with Crippen LogP contribution in [0.4, 0.5) is 0 Å². The molecule has 0 saturated carbocycles. The van der Waals surface area contributed by atoms with Crippen LogP contribution in [-0.4, -0.2) is 24.0 Å². The molecular formula is C17H28Cl2N2. The fraction of sp³-hybridized carbons (Fsp3) is 0.647. The lowest BCUT2D eigenvalue weighted by Gasteiger charge is -2.39. The van der Waals surface area contributed by atoms with E-state index in [1.807, 2.05) is 18.2 Å². The van der Waals surface area contributed by atoms with Crippen molar-refractivity contribution in [1.29, 1.82) is 0 Å². The summed E-state index contributed by atoms with van der Waals surface area (Å²) in [5.41, 5.74) is 7.15. The van der Waals surface area contributed by atoms with Gasteiger partial charge in [0.1, 0.15) is 0 Å². The summed E-state index contributed by atoms with van der Waals surface area (Å²) in [5, 5.41) is 1.46. The highest BCUT2D eigenvalue weighted by Crippen LogP contribution is 2.32. The molecule has 0 bridgehead atoms. The van der Waals surface area contributed by atoms with Crippen LogP contribution in [-0.2, 0) is 0 Å². The van der Waals surface area contributed by atoms with E-state index >= 15 is 0 Å². The van der Waals surface area contributed by atoms with Gasteiger partial charge in [-0.05, 0) is 42.5 Å². The maximum Gasteiger partial charge on any atom is 0.0488 e. The molecule has 0 aliphatic rings. The van der Waals surface area contributed by atoms with Gasteiger partial charge in [0.25, 0.3) is 0 Å². The van der Waals surface area contributed by atoms with Gasteiger partial charge in [0.15, 0.2) is 0 Å². The smallest absolute Gasteiger partial charge is 0.0488 e. The topological polar surface area (TPSA) is 29.3 Å². The lowest BCUT2D eigenvalue weighted by molar-refractivity contribution is 0.112. The molecule has 0 saturated heterocycles. The van der Waals surface area contributed by atoms with Crippen molar-refractivity contribution < 1.29 is 0 Å². The standard InChI is InChI=1S/C17H28Cl2N2/c1-5-14(6-2)21(11-12(3)4)17(10-20)15-9-13(18)7-8-16(15)19/h7-9,12,14,17H,5-6,10-11,20H2,1-4H3. The lowest BCUT2D eigenvalue weighted by Crippen LogP contribution is -2.43. The van der Waals surface area contributed by atoms with E-state index in [9.17, 15) is 0 Å². The number of rotatable bonds is 8. The number of hydrogen-bond donors (Lipinski definition) is 1. The highest BCUT2D eigenvalue weighted by atomic mass is 35.5. The quantitative estimate of drug-likeness (QED) is 0.715. The van der Waals surface area contributed by atoms with Crippen LogP contribution >= 0.6 is 23.2 Å². The van der Waals surface area contributed by atoms with E-state index < -0.39 is 0 Å². The molecule has 0 spiro atoms. The number of hydrogen-bond acceptors (Lipinski definition) is 2. The Bertz CT molecular complexity index is 431. The average Bonchev–Trinajstić information content (AvgIpc) is 2.44. The first-order chi connectivity index (χ1) is 9.94. The molecule has 4 heteroatoms. The van der Waals surface area contributed by atoms with Crippen LogP contribution in [0.2, 0.25) is 10.0 Å². The molecule has 1 unspecified atom stereocenters. The lowest BCUT2D eigenvalue weighted by atomic mass is 9.99. The van der Waals surface area contributed by atoms with Crippen LogP contribution in [0.1, 0.15) is 52.1 Å². The maximum atomic E-state index is 6.40. The predicted molar refractivity (Wildman–Crippen MR) is 94.2 cm³/mol. The first-order valence-electron chi connectivity index (χ1n) is 7.85. The van der Waals surface area contributed by atoms with Gasteiger partial charge in [0, 0.05) is 35.2 Å². The zero-order valence-electron chi connectivity index (χ0n) is 13.6. The minimum absolute atomic E-state index is 0.114. The monoisotopic (exact) mass is 330 g/mol. The molecule has 0 fully saturated rings. The van der Waals surface area contributed by atoms with Gasteiger partial charge in [-0.25, -0.2) is 0 Å². The molecular weight excluding hydrogens is 303 g/mol. The van der Waals surface area contributed by atoms with Crippen molar-refractivity contribution in [1.82, 2.24) is 4.90 Å². The summed E-state index contributed by atoms with van der Waals surface area (Å²) < 4.78 is 0. The molecule has 21 heavy (non-hydrogen) atoms. The van der Waals surface area contributed by atoms with E-state index in [0.717, 1.165) is 30.0 Å². The van der Waals surface area contributed by atoms with Crippen LogP contribution < -0.4 is 5.73 Å². The Morgan fingerprint density at radius 2 is 1.76 bits per heavy atom. The third-order valence-electron chi connectivity index (χ3n) is 3.93. The second kappa shape index (κ2) is 8.99. The molecule has 0 aliphatic carbocycles. The molecule has 120 valence electrons. The zero-order chi connectivity index (χ0) is 16.0. The molecule has 1 rings (SSSR count). The van der Waals surface area contributed by atoms with Crippen molar-refractivity contribution in [2.75, 3.05) is 13.1 Å². The molecule has 0 heterocycles. The van der Waals surface area contributed by atoms with Crippen LogP contribution in [0, 0.1) is 5.92 Å². The van der Waals surface area contributed by atoms with Crippen molar-refractivity contribution in [3.8, 4) is 0 Å². The van der Waals surface area contributed by atoms with Gasteiger partial charge in [-0.1, -0.05) is 50.9 Å². The summed E-state index contributed by atoms with van der Waals surface area (Å²) in [7, 11) is 0. The molecule has 0 amide bonds. The summed E-state index contributed by atoms with van der Waals surface area (Å²) in [4.78, 5) is 2.50. The third-order valence-corrected chi connectivity index (χ3v) is 4.51. The largest absolute Gasteiger partial charge is 0.329 e. The Morgan fingerprint density at radius 3 is 2.24 bits per heavy atom. The molecule has 2 nitrogen and oxygen atoms in total. The van der Waals surface area contributed by atoms with Gasteiger partial charge < -0.3 is 5.73 Å². The summed E-state index contributed by atoms with van der Waals surface area (Å²) in [6.07, 6.45) is 2.22. The van der Waals surface area contributed by atoms with Gasteiger partial charge in [0.05, 0.1) is 0 Å². The van der Waals surface area contributed by atoms with E-state index in [0.29, 0.717) is 23.5 Å². The minimum Gasteiger partial charge on any atom is -0.329 e. The van der Waals surface area contributed by atoms with Crippen LogP contribution in [0.15, 0.2) is 18.2 Å². The maximum absolute atomic E-state index is 6.40. The molecule has 0 aromatic heterocycles. The Kier molecular flexibility index (Phi) is 8.04. The summed E-state index contributed by atoms with van der Waals surface area (Å²) in [6.45, 7) is 10.5. The SMILES string of the molecule is CCC(CC)N(CC(C)C)C(CN)c1cc(Cl)ccc1Cl. The van der Waals surface area contributed by atoms with Gasteiger partial charge in [-0.2, -0.15) is 0 Å². The summed E-state index contributed by atoms with van der Waals surface area (Å²) in [5.74, 6) is 0.581. The molecule has 2 N–H and O–H groups in total. The van der Waals surface area contributed by atoms with E-state index in [1.54, 1.807) is 0 Å². The summed E-state index contributed by atoms with van der Waals surface area (Å²) in [6, 6.07) is 6.27. The Morgan fingerprint density at radius 1 is 1.14 bits per heavy atom. The van der Waals surface area contributed by atoms with Crippen LogP contribution in [0.5, 0.6) is 0 Å². The highest BCUT2D eigenvalue weighted by Gasteiger charge is 2.27. The van der Waals surface area contributed by atoms with E-state index in [-0.39, 0.29) is 6.04 Å². The Balaban J connectivity index is 3.19. The van der Waals surface area contributed by atoms with E-state index in [2.05, 4.69) is 32.6 Å². The van der Waals surface area contributed by atoms with Crippen LogP contribution in [0.25, 0.3) is 0 Å². The minimum atomic E-state index is 0.114. The van der Waals surface area contributed by atoms with Crippen molar-refractivity contribution in [3.63, 3.8) is 0 Å². The molecule has 1 aromatic rings. The molecule has 0 radical (unpaired) electrons. The third kappa shape index (κ3) is 5.14. The first-order valence-corrected chi connectivity index (χ1v) is 8.60. The highest BCUT2D eigenvalue weighted by molar-refractivity contribution is 6.33. The van der Waals surface area contributed by atoms with E-state index in [1.165, 1.54) is 0 Å². The number of nitrogens with two attached hydrogens (primary N) is 1. The molecule has 1 atom stereocenters. The molecule has 0 aliphatic heterocycles. The second-order valence-electron chi connectivity index (χ2n) is 5.98. The van der Waals surface area contributed by atoms with Crippen molar-refractivity contribution >= 4 is 23.2 Å². The van der Waals surface area contributed by atoms with Gasteiger partial charge >= 0.3 is 0 Å². The fourth-order valence-corrected chi connectivity index (χ4v) is 3.35. The average molecular weight is 331 g/mol. The Labute approximate surface area is 139 Å². The van der Waals surface area contributed by atoms with Gasteiger partial charge in [0.2, 0.25) is 0 Å². The predicted octanol–water partition coefficient (Wildman–Crippen LogP) is 5.14. The molecule has 1 aromatic carbocycles.